The second kappa shape index (κ2) is 12.2. The third kappa shape index (κ3) is 5.95. The Balaban J connectivity index is 1.45. The molecule has 1 atom stereocenters. The molecule has 2 aliphatic heterocycles. The third-order valence-corrected chi connectivity index (χ3v) is 7.21. The van der Waals surface area contributed by atoms with Crippen molar-refractivity contribution in [1.82, 2.24) is 29.8 Å². The standard InChI is InChI=1S/C27H38N6O3/c1-3-30(4-2)18-14-28-25(34)23-13-8-9-16-32(23)26(35)22-19-24-27(36)31(15-10-17-33(24)29-22)20-21-11-6-5-7-12-21/h5-7,11-12,19,23H,3-4,8-10,13-18,20H2,1-2H3,(H,28,34). The van der Waals surface area contributed by atoms with Crippen molar-refractivity contribution in [2.45, 2.75) is 58.7 Å². The van der Waals surface area contributed by atoms with Gasteiger partial charge in [-0.1, -0.05) is 44.2 Å². The molecule has 2 aromatic rings. The number of piperidine rings is 1. The first kappa shape index (κ1) is 25.9. The maximum Gasteiger partial charge on any atom is 0.275 e. The average Bonchev–Trinajstić information content (AvgIpc) is 3.28. The Morgan fingerprint density at radius 2 is 1.83 bits per heavy atom. The van der Waals surface area contributed by atoms with E-state index in [0.717, 1.165) is 44.5 Å². The van der Waals surface area contributed by atoms with Crippen molar-refractivity contribution >= 4 is 17.7 Å². The minimum Gasteiger partial charge on any atom is -0.353 e. The highest BCUT2D eigenvalue weighted by atomic mass is 16.2. The molecule has 1 fully saturated rings. The fourth-order valence-electron chi connectivity index (χ4n) is 5.08. The number of likely N-dealkylation sites (N-methyl/N-ethyl adjacent to an activating group) is 1. The number of rotatable bonds is 9. The van der Waals surface area contributed by atoms with E-state index >= 15 is 0 Å². The highest BCUT2D eigenvalue weighted by molar-refractivity contribution is 5.99. The first-order valence-electron chi connectivity index (χ1n) is 13.2. The number of fused-ring (bicyclic) bond motifs is 1. The number of aromatic nitrogens is 2. The zero-order valence-corrected chi connectivity index (χ0v) is 21.5. The Hall–Kier alpha value is -3.20. The highest BCUT2D eigenvalue weighted by Gasteiger charge is 2.35. The number of carbonyl (C=O) groups excluding carboxylic acids is 3. The lowest BCUT2D eigenvalue weighted by Gasteiger charge is -2.34. The van der Waals surface area contributed by atoms with Crippen molar-refractivity contribution in [1.29, 1.82) is 0 Å². The van der Waals surface area contributed by atoms with Gasteiger partial charge in [-0.15, -0.1) is 0 Å². The second-order valence-corrected chi connectivity index (χ2v) is 9.53. The van der Waals surface area contributed by atoms with Crippen LogP contribution in [0.3, 0.4) is 0 Å². The molecule has 2 aliphatic rings. The van der Waals surface area contributed by atoms with Crippen LogP contribution in [0.5, 0.6) is 0 Å². The van der Waals surface area contributed by atoms with E-state index in [1.807, 2.05) is 35.2 Å². The lowest BCUT2D eigenvalue weighted by atomic mass is 10.0. The largest absolute Gasteiger partial charge is 0.353 e. The van der Waals surface area contributed by atoms with Crippen LogP contribution in [0.2, 0.25) is 0 Å². The first-order valence-corrected chi connectivity index (χ1v) is 13.2. The summed E-state index contributed by atoms with van der Waals surface area (Å²) in [5.41, 5.74) is 1.74. The van der Waals surface area contributed by atoms with Crippen molar-refractivity contribution in [2.75, 3.05) is 39.3 Å². The summed E-state index contributed by atoms with van der Waals surface area (Å²) < 4.78 is 1.66. The van der Waals surface area contributed by atoms with Crippen LogP contribution < -0.4 is 5.32 Å². The number of carbonyl (C=O) groups is 3. The summed E-state index contributed by atoms with van der Waals surface area (Å²) >= 11 is 0. The molecule has 1 aromatic heterocycles. The molecule has 0 bridgehead atoms. The van der Waals surface area contributed by atoms with Gasteiger partial charge in [-0.3, -0.25) is 19.1 Å². The monoisotopic (exact) mass is 494 g/mol. The topological polar surface area (TPSA) is 90.8 Å². The Morgan fingerprint density at radius 3 is 2.58 bits per heavy atom. The normalized spacial score (nSPS) is 18.2. The van der Waals surface area contributed by atoms with Gasteiger partial charge in [-0.2, -0.15) is 5.10 Å². The molecule has 3 heterocycles. The van der Waals surface area contributed by atoms with Gasteiger partial charge in [0.15, 0.2) is 5.69 Å². The summed E-state index contributed by atoms with van der Waals surface area (Å²) in [6.45, 7) is 9.68. The smallest absolute Gasteiger partial charge is 0.275 e. The van der Waals surface area contributed by atoms with Gasteiger partial charge in [0.2, 0.25) is 5.91 Å². The Kier molecular flexibility index (Phi) is 8.74. The molecule has 0 spiro atoms. The first-order chi connectivity index (χ1) is 17.5. The summed E-state index contributed by atoms with van der Waals surface area (Å²) in [7, 11) is 0. The molecule has 194 valence electrons. The minimum atomic E-state index is -0.505. The van der Waals surface area contributed by atoms with Crippen molar-refractivity contribution in [3.05, 3.63) is 53.3 Å². The van der Waals surface area contributed by atoms with Crippen molar-refractivity contribution in [3.8, 4) is 0 Å². The van der Waals surface area contributed by atoms with E-state index in [1.165, 1.54) is 0 Å². The van der Waals surface area contributed by atoms with Gasteiger partial charge in [0.05, 0.1) is 0 Å². The van der Waals surface area contributed by atoms with Gasteiger partial charge < -0.3 is 20.0 Å². The number of likely N-dealkylation sites (tertiary alicyclic amines) is 1. The molecule has 3 amide bonds. The van der Waals surface area contributed by atoms with Gasteiger partial charge in [0.1, 0.15) is 11.7 Å². The van der Waals surface area contributed by atoms with Crippen molar-refractivity contribution in [2.24, 2.45) is 0 Å². The summed E-state index contributed by atoms with van der Waals surface area (Å²) in [5, 5.41) is 7.54. The quantitative estimate of drug-likeness (QED) is 0.578. The third-order valence-electron chi connectivity index (χ3n) is 7.21. The average molecular weight is 495 g/mol. The fourth-order valence-corrected chi connectivity index (χ4v) is 5.08. The number of hydrogen-bond acceptors (Lipinski definition) is 5. The second-order valence-electron chi connectivity index (χ2n) is 9.53. The molecule has 1 N–H and O–H groups in total. The van der Waals surface area contributed by atoms with E-state index in [1.54, 1.807) is 15.6 Å². The predicted molar refractivity (Wildman–Crippen MR) is 137 cm³/mol. The Labute approximate surface area is 213 Å². The summed E-state index contributed by atoms with van der Waals surface area (Å²) in [4.78, 5) is 45.5. The predicted octanol–water partition coefficient (Wildman–Crippen LogP) is 2.38. The molecular weight excluding hydrogens is 456 g/mol. The number of hydrogen-bond donors (Lipinski definition) is 1. The molecule has 9 nitrogen and oxygen atoms in total. The van der Waals surface area contributed by atoms with Crippen LogP contribution in [0.15, 0.2) is 36.4 Å². The lowest BCUT2D eigenvalue weighted by molar-refractivity contribution is -0.126. The van der Waals surface area contributed by atoms with Crippen LogP contribution in [0.4, 0.5) is 0 Å². The molecule has 1 saturated heterocycles. The number of benzene rings is 1. The molecule has 0 aliphatic carbocycles. The molecule has 1 aromatic carbocycles. The zero-order chi connectivity index (χ0) is 25.5. The van der Waals surface area contributed by atoms with Crippen LogP contribution >= 0.6 is 0 Å². The maximum atomic E-state index is 13.5. The summed E-state index contributed by atoms with van der Waals surface area (Å²) in [6, 6.07) is 11.0. The van der Waals surface area contributed by atoms with Gasteiger partial charge in [-0.25, -0.2) is 0 Å². The molecular formula is C27H38N6O3. The van der Waals surface area contributed by atoms with E-state index < -0.39 is 6.04 Å². The van der Waals surface area contributed by atoms with Crippen molar-refractivity contribution in [3.63, 3.8) is 0 Å². The molecule has 9 heteroatoms. The van der Waals surface area contributed by atoms with Gasteiger partial charge in [0.25, 0.3) is 11.8 Å². The van der Waals surface area contributed by atoms with Crippen LogP contribution in [0.25, 0.3) is 0 Å². The maximum absolute atomic E-state index is 13.5. The molecule has 36 heavy (non-hydrogen) atoms. The summed E-state index contributed by atoms with van der Waals surface area (Å²) in [6.07, 6.45) is 3.17. The number of nitrogens with zero attached hydrogens (tertiary/aromatic N) is 5. The fraction of sp³-hybridized carbons (Fsp3) is 0.556. The van der Waals surface area contributed by atoms with E-state index in [0.29, 0.717) is 44.8 Å². The van der Waals surface area contributed by atoms with Crippen molar-refractivity contribution < 1.29 is 14.4 Å². The van der Waals surface area contributed by atoms with Crippen LogP contribution in [0, 0.1) is 0 Å². The molecule has 0 radical (unpaired) electrons. The van der Waals surface area contributed by atoms with Gasteiger partial charge in [0, 0.05) is 45.3 Å². The molecule has 4 rings (SSSR count). The summed E-state index contributed by atoms with van der Waals surface area (Å²) in [5.74, 6) is -0.505. The molecule has 1 unspecified atom stereocenters. The van der Waals surface area contributed by atoms with E-state index in [2.05, 4.69) is 29.2 Å². The molecule has 0 saturated carbocycles. The van der Waals surface area contributed by atoms with Crippen LogP contribution in [-0.2, 0) is 17.9 Å². The Morgan fingerprint density at radius 1 is 1.06 bits per heavy atom. The number of aryl methyl sites for hydroxylation is 1. The number of nitrogens with one attached hydrogen (secondary N) is 1. The van der Waals surface area contributed by atoms with Gasteiger partial charge >= 0.3 is 0 Å². The van der Waals surface area contributed by atoms with E-state index in [9.17, 15) is 14.4 Å². The van der Waals surface area contributed by atoms with E-state index in [-0.39, 0.29) is 23.4 Å². The lowest BCUT2D eigenvalue weighted by Crippen LogP contribution is -2.52. The zero-order valence-electron chi connectivity index (χ0n) is 21.5. The number of amides is 3. The van der Waals surface area contributed by atoms with Gasteiger partial charge in [-0.05, 0) is 44.3 Å². The highest BCUT2D eigenvalue weighted by Crippen LogP contribution is 2.22. The van der Waals surface area contributed by atoms with Crippen LogP contribution in [-0.4, -0.2) is 87.5 Å². The van der Waals surface area contributed by atoms with Crippen LogP contribution in [0.1, 0.15) is 66.1 Å². The minimum absolute atomic E-state index is 0.110. The van der Waals surface area contributed by atoms with E-state index in [4.69, 9.17) is 0 Å². The Bertz CT molecular complexity index is 1050. The SMILES string of the molecule is CCN(CC)CCNC(=O)C1CCCCN1C(=O)c1cc2n(n1)CCCN(Cc1ccccc1)C2=O.